The molecule has 98 valence electrons. The van der Waals surface area contributed by atoms with Crippen molar-refractivity contribution in [3.05, 3.63) is 58.6 Å². The molecule has 19 heavy (non-hydrogen) atoms. The van der Waals surface area contributed by atoms with Crippen LogP contribution in [0.3, 0.4) is 0 Å². The maximum absolute atomic E-state index is 7.71. The van der Waals surface area contributed by atoms with Gasteiger partial charge < -0.3 is 10.6 Å². The van der Waals surface area contributed by atoms with Crippen LogP contribution in [0.2, 0.25) is 0 Å². The Morgan fingerprint density at radius 3 is 2.47 bits per heavy atom. The first-order valence-corrected chi connectivity index (χ1v) is 6.89. The summed E-state index contributed by atoms with van der Waals surface area (Å²) in [4.78, 5) is 2.14. The highest BCUT2D eigenvalue weighted by atomic mass is 79.9. The number of nitrogens with one attached hydrogen (secondary N) is 1. The summed E-state index contributed by atoms with van der Waals surface area (Å²) in [5.41, 5.74) is 8.45. The van der Waals surface area contributed by atoms with Crippen LogP contribution in [0.15, 0.2) is 53.0 Å². The van der Waals surface area contributed by atoms with E-state index in [0.29, 0.717) is 0 Å². The fraction of sp³-hybridized carbons (Fsp3) is 0.133. The smallest absolute Gasteiger partial charge is 0.124 e. The molecule has 3 N–H and O–H groups in total. The van der Waals surface area contributed by atoms with Crippen molar-refractivity contribution in [2.24, 2.45) is 5.73 Å². The van der Waals surface area contributed by atoms with Crippen molar-refractivity contribution >= 4 is 33.1 Å². The lowest BCUT2D eigenvalue weighted by molar-refractivity contribution is 1.02. The zero-order chi connectivity index (χ0) is 13.8. The Bertz CT molecular complexity index is 581. The van der Waals surface area contributed by atoms with Crippen LogP contribution in [0.1, 0.15) is 12.5 Å². The van der Waals surface area contributed by atoms with Crippen LogP contribution in [-0.2, 0) is 0 Å². The Kier molecular flexibility index (Phi) is 4.22. The molecule has 0 fully saturated rings. The predicted octanol–water partition coefficient (Wildman–Crippen LogP) is 3.89. The van der Waals surface area contributed by atoms with Gasteiger partial charge in [0, 0.05) is 22.3 Å². The fourth-order valence-electron chi connectivity index (χ4n) is 2.06. The molecule has 3 nitrogen and oxygen atoms in total. The highest BCUT2D eigenvalue weighted by Gasteiger charge is 2.13. The molecule has 0 unspecified atom stereocenters. The number of anilines is 2. The molecule has 0 radical (unpaired) electrons. The molecule has 0 heterocycles. The second-order valence-electron chi connectivity index (χ2n) is 4.15. The molecule has 0 saturated carbocycles. The number of rotatable bonds is 4. The molecule has 0 amide bonds. The zero-order valence-electron chi connectivity index (χ0n) is 10.7. The summed E-state index contributed by atoms with van der Waals surface area (Å²) in [6.45, 7) is 2.89. The number of hydrogen-bond donors (Lipinski definition) is 2. The minimum atomic E-state index is 0.0804. The summed E-state index contributed by atoms with van der Waals surface area (Å²) >= 11 is 3.48. The summed E-state index contributed by atoms with van der Waals surface area (Å²) in [5.74, 6) is 0.0804. The Morgan fingerprint density at radius 2 is 1.89 bits per heavy atom. The van der Waals surface area contributed by atoms with E-state index in [-0.39, 0.29) is 5.84 Å². The Balaban J connectivity index is 2.55. The van der Waals surface area contributed by atoms with E-state index in [9.17, 15) is 0 Å². The minimum absolute atomic E-state index is 0.0804. The van der Waals surface area contributed by atoms with Gasteiger partial charge in [0.1, 0.15) is 5.84 Å². The van der Waals surface area contributed by atoms with Crippen LogP contribution < -0.4 is 10.6 Å². The maximum atomic E-state index is 7.71. The van der Waals surface area contributed by atoms with Crippen molar-refractivity contribution in [2.75, 3.05) is 11.4 Å². The van der Waals surface area contributed by atoms with Crippen molar-refractivity contribution in [2.45, 2.75) is 6.92 Å². The number of nitrogen functional groups attached to an aromatic ring is 1. The minimum Gasteiger partial charge on any atom is -0.384 e. The molecule has 2 rings (SSSR count). The van der Waals surface area contributed by atoms with Gasteiger partial charge in [-0.3, -0.25) is 5.41 Å². The molecular weight excluding hydrogens is 302 g/mol. The lowest BCUT2D eigenvalue weighted by Gasteiger charge is -2.25. The number of para-hydroxylation sites is 1. The summed E-state index contributed by atoms with van der Waals surface area (Å²) in [7, 11) is 0. The highest BCUT2D eigenvalue weighted by Crippen LogP contribution is 2.30. The van der Waals surface area contributed by atoms with E-state index in [0.717, 1.165) is 28.0 Å². The molecule has 0 aromatic heterocycles. The zero-order valence-corrected chi connectivity index (χ0v) is 12.3. The third kappa shape index (κ3) is 2.96. The topological polar surface area (TPSA) is 53.1 Å². The van der Waals surface area contributed by atoms with Gasteiger partial charge in [-0.05, 0) is 37.3 Å². The normalized spacial score (nSPS) is 10.2. The van der Waals surface area contributed by atoms with Crippen LogP contribution in [0.5, 0.6) is 0 Å². The highest BCUT2D eigenvalue weighted by molar-refractivity contribution is 9.10. The largest absolute Gasteiger partial charge is 0.384 e. The SMILES string of the molecule is CCN(c1ccccc1)c1cc(Br)ccc1C(=N)N. The van der Waals surface area contributed by atoms with E-state index in [4.69, 9.17) is 11.1 Å². The molecule has 0 aliphatic rings. The van der Waals surface area contributed by atoms with Crippen molar-refractivity contribution in [3.8, 4) is 0 Å². The van der Waals surface area contributed by atoms with Crippen LogP contribution in [-0.4, -0.2) is 12.4 Å². The molecule has 2 aromatic rings. The van der Waals surface area contributed by atoms with Crippen LogP contribution in [0.4, 0.5) is 11.4 Å². The number of amidine groups is 1. The van der Waals surface area contributed by atoms with Gasteiger partial charge in [0.2, 0.25) is 0 Å². The summed E-state index contributed by atoms with van der Waals surface area (Å²) in [6.07, 6.45) is 0. The summed E-state index contributed by atoms with van der Waals surface area (Å²) in [6, 6.07) is 15.9. The summed E-state index contributed by atoms with van der Waals surface area (Å²) in [5, 5.41) is 7.71. The van der Waals surface area contributed by atoms with Gasteiger partial charge in [0.15, 0.2) is 0 Å². The van der Waals surface area contributed by atoms with Gasteiger partial charge in [0.25, 0.3) is 0 Å². The Hall–Kier alpha value is -1.81. The van der Waals surface area contributed by atoms with Crippen molar-refractivity contribution in [1.82, 2.24) is 0 Å². The van der Waals surface area contributed by atoms with E-state index < -0.39 is 0 Å². The third-order valence-electron chi connectivity index (χ3n) is 2.92. The molecule has 0 atom stereocenters. The fourth-order valence-corrected chi connectivity index (χ4v) is 2.40. The quantitative estimate of drug-likeness (QED) is 0.664. The van der Waals surface area contributed by atoms with Gasteiger partial charge >= 0.3 is 0 Å². The van der Waals surface area contributed by atoms with Crippen LogP contribution >= 0.6 is 15.9 Å². The first kappa shape index (κ1) is 13.6. The second kappa shape index (κ2) is 5.89. The van der Waals surface area contributed by atoms with Crippen molar-refractivity contribution in [1.29, 1.82) is 5.41 Å². The monoisotopic (exact) mass is 317 g/mol. The Labute approximate surface area is 121 Å². The van der Waals surface area contributed by atoms with Crippen LogP contribution in [0.25, 0.3) is 0 Å². The van der Waals surface area contributed by atoms with Gasteiger partial charge in [-0.25, -0.2) is 0 Å². The predicted molar refractivity (Wildman–Crippen MR) is 84.3 cm³/mol. The van der Waals surface area contributed by atoms with E-state index in [1.54, 1.807) is 0 Å². The molecule has 2 aromatic carbocycles. The van der Waals surface area contributed by atoms with Gasteiger partial charge in [-0.15, -0.1) is 0 Å². The molecule has 0 aliphatic heterocycles. The second-order valence-corrected chi connectivity index (χ2v) is 5.07. The van der Waals surface area contributed by atoms with Gasteiger partial charge in [-0.1, -0.05) is 34.1 Å². The van der Waals surface area contributed by atoms with Gasteiger partial charge in [0.05, 0.1) is 5.69 Å². The average molecular weight is 318 g/mol. The van der Waals surface area contributed by atoms with E-state index in [1.165, 1.54) is 0 Å². The average Bonchev–Trinajstić information content (AvgIpc) is 2.40. The lowest BCUT2D eigenvalue weighted by atomic mass is 10.1. The van der Waals surface area contributed by atoms with E-state index in [1.807, 2.05) is 48.5 Å². The molecule has 0 saturated heterocycles. The van der Waals surface area contributed by atoms with Crippen LogP contribution in [0, 0.1) is 5.41 Å². The third-order valence-corrected chi connectivity index (χ3v) is 3.42. The summed E-state index contributed by atoms with van der Waals surface area (Å²) < 4.78 is 0.974. The first-order chi connectivity index (χ1) is 9.13. The number of halogens is 1. The molecule has 4 heteroatoms. The number of benzene rings is 2. The lowest BCUT2D eigenvalue weighted by Crippen LogP contribution is -2.21. The first-order valence-electron chi connectivity index (χ1n) is 6.10. The number of nitrogens with zero attached hydrogens (tertiary/aromatic N) is 1. The molecule has 0 spiro atoms. The molecule has 0 bridgehead atoms. The Morgan fingerprint density at radius 1 is 1.21 bits per heavy atom. The maximum Gasteiger partial charge on any atom is 0.124 e. The van der Waals surface area contributed by atoms with Gasteiger partial charge in [-0.2, -0.15) is 0 Å². The number of nitrogens with two attached hydrogens (primary N) is 1. The molecular formula is C15H16BrN3. The standard InChI is InChI=1S/C15H16BrN3/c1-2-19(12-6-4-3-5-7-12)14-10-11(16)8-9-13(14)15(17)18/h3-10H,2H2,1H3,(H3,17,18). The van der Waals surface area contributed by atoms with E-state index >= 15 is 0 Å². The van der Waals surface area contributed by atoms with E-state index in [2.05, 4.69) is 27.8 Å². The van der Waals surface area contributed by atoms with Crippen molar-refractivity contribution < 1.29 is 0 Å². The van der Waals surface area contributed by atoms with Crippen molar-refractivity contribution in [3.63, 3.8) is 0 Å². The molecule has 0 aliphatic carbocycles. The number of hydrogen-bond acceptors (Lipinski definition) is 2.